The molecule has 230 valence electrons. The zero-order valence-electron chi connectivity index (χ0n) is 22.3. The van der Waals surface area contributed by atoms with Crippen molar-refractivity contribution in [1.29, 1.82) is 0 Å². The molecule has 0 heterocycles. The number of aliphatic hydroxyl groups excluding tert-OH is 1. The van der Waals surface area contributed by atoms with Gasteiger partial charge in [0, 0.05) is 28.1 Å². The van der Waals surface area contributed by atoms with E-state index >= 15 is 0 Å². The molecule has 0 saturated heterocycles. The van der Waals surface area contributed by atoms with Crippen LogP contribution in [0, 0.1) is 0 Å². The fourth-order valence-electron chi connectivity index (χ4n) is 3.46. The molecule has 0 aliphatic rings. The predicted octanol–water partition coefficient (Wildman–Crippen LogP) is 6.98. The Kier molecular flexibility index (Phi) is 11.1. The van der Waals surface area contributed by atoms with E-state index in [0.29, 0.717) is 28.8 Å². The van der Waals surface area contributed by atoms with Crippen LogP contribution in [0.15, 0.2) is 97.1 Å². The summed E-state index contributed by atoms with van der Waals surface area (Å²) in [4.78, 5) is 34.6. The Hall–Kier alpha value is -5.37. The lowest BCUT2D eigenvalue weighted by Gasteiger charge is -2.10. The van der Waals surface area contributed by atoms with E-state index in [-0.39, 0.29) is 17.7 Å². The molecule has 4 rings (SSSR count). The molecule has 0 saturated carbocycles. The van der Waals surface area contributed by atoms with Crippen molar-refractivity contribution in [1.82, 2.24) is 0 Å². The van der Waals surface area contributed by atoms with Gasteiger partial charge in [-0.05, 0) is 78.4 Å². The number of aliphatic hydroxyl groups is 1. The Bertz CT molecular complexity index is 1570. The molecule has 8 nitrogen and oxygen atoms in total. The summed E-state index contributed by atoms with van der Waals surface area (Å²) in [5.41, 5.74) is 2.26. The molecule has 0 fully saturated rings. The number of hydrogen-bond donors (Lipinski definition) is 3. The van der Waals surface area contributed by atoms with Crippen molar-refractivity contribution >= 4 is 29.5 Å². The quantitative estimate of drug-likeness (QED) is 0.145. The standard InChI is InChI=1S/C15H12F3NO3.C15H10F3NO3/c2*16-15(17,18)22-13-6-4-11(5-7-13)14(21)19-12-3-1-2-10(8-12)9-20/h1-8,20H,9H2,(H,19,21);1-9H,(H,19,21). The van der Waals surface area contributed by atoms with E-state index in [1.165, 1.54) is 30.3 Å². The maximum absolute atomic E-state index is 12.0. The van der Waals surface area contributed by atoms with Gasteiger partial charge in [0.2, 0.25) is 0 Å². The number of hydrogen-bond acceptors (Lipinski definition) is 6. The van der Waals surface area contributed by atoms with Gasteiger partial charge in [0.05, 0.1) is 6.61 Å². The number of alkyl halides is 6. The lowest BCUT2D eigenvalue weighted by Crippen LogP contribution is -2.17. The average molecular weight is 621 g/mol. The Morgan fingerprint density at radius 1 is 0.659 bits per heavy atom. The van der Waals surface area contributed by atoms with Crippen LogP contribution in [0.5, 0.6) is 11.5 Å². The van der Waals surface area contributed by atoms with Crippen LogP contribution < -0.4 is 20.1 Å². The van der Waals surface area contributed by atoms with Crippen LogP contribution in [0.25, 0.3) is 0 Å². The first-order chi connectivity index (χ1) is 20.7. The molecule has 0 aliphatic heterocycles. The summed E-state index contributed by atoms with van der Waals surface area (Å²) >= 11 is 0. The highest BCUT2D eigenvalue weighted by Gasteiger charge is 2.31. The van der Waals surface area contributed by atoms with E-state index in [4.69, 9.17) is 5.11 Å². The second-order valence-corrected chi connectivity index (χ2v) is 8.65. The fourth-order valence-corrected chi connectivity index (χ4v) is 3.46. The minimum absolute atomic E-state index is 0.158. The predicted molar refractivity (Wildman–Crippen MR) is 146 cm³/mol. The van der Waals surface area contributed by atoms with E-state index in [1.807, 2.05) is 0 Å². The van der Waals surface area contributed by atoms with Crippen molar-refractivity contribution in [3.63, 3.8) is 0 Å². The molecule has 14 heteroatoms. The SMILES string of the molecule is O=C(Nc1cccc(CO)c1)c1ccc(OC(F)(F)F)cc1.O=Cc1cccc(NC(=O)c2ccc(OC(F)(F)F)cc2)c1. The highest BCUT2D eigenvalue weighted by atomic mass is 19.4. The van der Waals surface area contributed by atoms with E-state index in [1.54, 1.807) is 42.5 Å². The van der Waals surface area contributed by atoms with E-state index in [9.17, 15) is 40.7 Å². The number of carbonyl (C=O) groups excluding carboxylic acids is 3. The number of carbonyl (C=O) groups is 3. The molecular weight excluding hydrogens is 598 g/mol. The molecule has 0 aromatic heterocycles. The molecule has 3 N–H and O–H groups in total. The van der Waals surface area contributed by atoms with Gasteiger partial charge in [0.15, 0.2) is 0 Å². The lowest BCUT2D eigenvalue weighted by atomic mass is 10.1. The number of nitrogens with one attached hydrogen (secondary N) is 2. The smallest absolute Gasteiger partial charge is 0.406 e. The fraction of sp³-hybridized carbons (Fsp3) is 0.100. The summed E-state index contributed by atoms with van der Waals surface area (Å²) in [6, 6.07) is 21.9. The minimum atomic E-state index is -4.78. The number of benzene rings is 4. The lowest BCUT2D eigenvalue weighted by molar-refractivity contribution is -0.275. The van der Waals surface area contributed by atoms with E-state index in [0.717, 1.165) is 24.3 Å². The van der Waals surface area contributed by atoms with Crippen LogP contribution in [-0.2, 0) is 6.61 Å². The van der Waals surface area contributed by atoms with Gasteiger partial charge in [0.1, 0.15) is 17.8 Å². The van der Waals surface area contributed by atoms with Crippen molar-refractivity contribution < 1.29 is 55.3 Å². The van der Waals surface area contributed by atoms with Crippen molar-refractivity contribution in [3.05, 3.63) is 119 Å². The summed E-state index contributed by atoms with van der Waals surface area (Å²) in [5.74, 6) is -1.80. The van der Waals surface area contributed by atoms with Gasteiger partial charge in [-0.1, -0.05) is 24.3 Å². The van der Waals surface area contributed by atoms with Crippen molar-refractivity contribution in [2.75, 3.05) is 10.6 Å². The van der Waals surface area contributed by atoms with Crippen molar-refractivity contribution in [3.8, 4) is 11.5 Å². The number of halogens is 6. The first-order valence-corrected chi connectivity index (χ1v) is 12.3. The minimum Gasteiger partial charge on any atom is -0.406 e. The first-order valence-electron chi connectivity index (χ1n) is 12.3. The average Bonchev–Trinajstić information content (AvgIpc) is 2.97. The number of aldehydes is 1. The van der Waals surface area contributed by atoms with Crippen LogP contribution in [0.2, 0.25) is 0 Å². The first kappa shape index (κ1) is 33.1. The van der Waals surface area contributed by atoms with Gasteiger partial charge < -0.3 is 25.2 Å². The topological polar surface area (TPSA) is 114 Å². The highest BCUT2D eigenvalue weighted by molar-refractivity contribution is 6.05. The third kappa shape index (κ3) is 11.1. The summed E-state index contributed by atoms with van der Waals surface area (Å²) < 4.78 is 79.6. The molecule has 0 aliphatic carbocycles. The largest absolute Gasteiger partial charge is 0.573 e. The second-order valence-electron chi connectivity index (χ2n) is 8.65. The monoisotopic (exact) mass is 620 g/mol. The van der Waals surface area contributed by atoms with E-state index in [2.05, 4.69) is 20.1 Å². The maximum atomic E-state index is 12.0. The van der Waals surface area contributed by atoms with Crippen molar-refractivity contribution in [2.45, 2.75) is 19.3 Å². The van der Waals surface area contributed by atoms with Gasteiger partial charge in [0.25, 0.3) is 11.8 Å². The number of amides is 2. The van der Waals surface area contributed by atoms with Gasteiger partial charge in [-0.25, -0.2) is 0 Å². The van der Waals surface area contributed by atoms with Gasteiger partial charge in [-0.2, -0.15) is 0 Å². The van der Waals surface area contributed by atoms with Crippen LogP contribution >= 0.6 is 0 Å². The Balaban J connectivity index is 0.000000240. The third-order valence-corrected chi connectivity index (χ3v) is 5.35. The van der Waals surface area contributed by atoms with E-state index < -0.39 is 36.0 Å². The van der Waals surface area contributed by atoms with Crippen LogP contribution in [0.1, 0.15) is 36.6 Å². The Labute approximate surface area is 245 Å². The Morgan fingerprint density at radius 2 is 1.09 bits per heavy atom. The molecular formula is C30H22F6N2O6. The Morgan fingerprint density at radius 3 is 1.50 bits per heavy atom. The molecule has 0 bridgehead atoms. The molecule has 0 spiro atoms. The van der Waals surface area contributed by atoms with Gasteiger partial charge in [-0.15, -0.1) is 26.3 Å². The zero-order chi connectivity index (χ0) is 32.3. The molecule has 0 unspecified atom stereocenters. The molecule has 4 aromatic rings. The van der Waals surface area contributed by atoms with Crippen LogP contribution in [0.3, 0.4) is 0 Å². The summed E-state index contributed by atoms with van der Waals surface area (Å²) in [6.45, 7) is -0.160. The summed E-state index contributed by atoms with van der Waals surface area (Å²) in [7, 11) is 0. The third-order valence-electron chi connectivity index (χ3n) is 5.35. The number of rotatable bonds is 8. The molecule has 44 heavy (non-hydrogen) atoms. The number of anilines is 2. The zero-order valence-corrected chi connectivity index (χ0v) is 22.3. The normalized spacial score (nSPS) is 11.0. The maximum Gasteiger partial charge on any atom is 0.573 e. The molecule has 2 amide bonds. The number of ether oxygens (including phenoxy) is 2. The highest BCUT2D eigenvalue weighted by Crippen LogP contribution is 2.24. The molecule has 4 aromatic carbocycles. The summed E-state index contributed by atoms with van der Waals surface area (Å²) in [5, 5.41) is 14.1. The molecule has 0 atom stereocenters. The van der Waals surface area contributed by atoms with Crippen LogP contribution in [0.4, 0.5) is 37.7 Å². The van der Waals surface area contributed by atoms with Gasteiger partial charge in [-0.3, -0.25) is 14.4 Å². The second kappa shape index (κ2) is 14.7. The van der Waals surface area contributed by atoms with Crippen LogP contribution in [-0.4, -0.2) is 35.9 Å². The van der Waals surface area contributed by atoms with Gasteiger partial charge >= 0.3 is 12.7 Å². The summed E-state index contributed by atoms with van der Waals surface area (Å²) in [6.07, 6.45) is -8.91. The molecule has 0 radical (unpaired) electrons. The van der Waals surface area contributed by atoms with Crippen molar-refractivity contribution in [2.24, 2.45) is 0 Å².